The lowest BCUT2D eigenvalue weighted by Gasteiger charge is -2.33. The van der Waals surface area contributed by atoms with Crippen LogP contribution in [0.2, 0.25) is 10.0 Å². The molecule has 1 saturated carbocycles. The van der Waals surface area contributed by atoms with Crippen LogP contribution in [-0.4, -0.2) is 9.85 Å². The third-order valence-electron chi connectivity index (χ3n) is 6.84. The fourth-order valence-electron chi connectivity index (χ4n) is 5.06. The maximum absolute atomic E-state index is 15.1. The van der Waals surface area contributed by atoms with Gasteiger partial charge in [-0.25, -0.2) is 8.78 Å². The van der Waals surface area contributed by atoms with Crippen LogP contribution in [-0.2, 0) is 0 Å². The van der Waals surface area contributed by atoms with Crippen LogP contribution >= 0.6 is 23.2 Å². The van der Waals surface area contributed by atoms with E-state index in [4.69, 9.17) is 23.2 Å². The van der Waals surface area contributed by atoms with Gasteiger partial charge in [-0.1, -0.05) is 35.3 Å². The first kappa shape index (κ1) is 24.4. The van der Waals surface area contributed by atoms with Crippen molar-refractivity contribution in [2.45, 2.75) is 43.7 Å². The molecular formula is C25H19Cl2F2N3O4. The maximum atomic E-state index is 15.1. The second-order valence-corrected chi connectivity index (χ2v) is 9.86. The Balaban J connectivity index is 1.64. The van der Waals surface area contributed by atoms with Crippen LogP contribution in [0.3, 0.4) is 0 Å². The first-order valence-corrected chi connectivity index (χ1v) is 12.1. The summed E-state index contributed by atoms with van der Waals surface area (Å²) in [4.78, 5) is 23.6. The molecule has 0 unspecified atom stereocenters. The second-order valence-electron chi connectivity index (χ2n) is 9.05. The van der Waals surface area contributed by atoms with Gasteiger partial charge in [0.1, 0.15) is 21.7 Å². The fraction of sp³-hybridized carbons (Fsp3) is 0.280. The smallest absolute Gasteiger partial charge is 0.288 e. The molecule has 186 valence electrons. The average Bonchev–Trinajstić information content (AvgIpc) is 3.55. The van der Waals surface area contributed by atoms with Gasteiger partial charge in [-0.3, -0.25) is 20.2 Å². The van der Waals surface area contributed by atoms with Gasteiger partial charge < -0.3 is 4.90 Å². The molecule has 5 rings (SSSR count). The van der Waals surface area contributed by atoms with Crippen LogP contribution in [0.1, 0.15) is 60.4 Å². The summed E-state index contributed by atoms with van der Waals surface area (Å²) in [5, 5.41) is 22.9. The first-order chi connectivity index (χ1) is 17.2. The Labute approximate surface area is 214 Å². The third-order valence-corrected chi connectivity index (χ3v) is 7.48. The molecular weight excluding hydrogens is 515 g/mol. The molecule has 1 heterocycles. The van der Waals surface area contributed by atoms with Crippen molar-refractivity contribution in [1.82, 2.24) is 0 Å². The van der Waals surface area contributed by atoms with Gasteiger partial charge in [-0.05, 0) is 67.0 Å². The number of nitrogens with zero attached hydrogens (tertiary/aromatic N) is 3. The Morgan fingerprint density at radius 1 is 0.750 bits per heavy atom. The molecule has 3 aromatic carbocycles. The van der Waals surface area contributed by atoms with E-state index in [2.05, 4.69) is 0 Å². The largest absolute Gasteiger partial charge is 0.357 e. The zero-order valence-electron chi connectivity index (χ0n) is 18.7. The van der Waals surface area contributed by atoms with Crippen LogP contribution in [0, 0.1) is 31.9 Å². The highest BCUT2D eigenvalue weighted by Crippen LogP contribution is 2.50. The predicted octanol–water partition coefficient (Wildman–Crippen LogP) is 8.05. The van der Waals surface area contributed by atoms with Crippen molar-refractivity contribution in [3.63, 3.8) is 0 Å². The van der Waals surface area contributed by atoms with Gasteiger partial charge in [0.25, 0.3) is 11.4 Å². The summed E-state index contributed by atoms with van der Waals surface area (Å²) in [5.41, 5.74) is 0.850. The van der Waals surface area contributed by atoms with E-state index in [1.54, 1.807) is 17.0 Å². The summed E-state index contributed by atoms with van der Waals surface area (Å²) in [7, 11) is 0. The second kappa shape index (κ2) is 9.29. The molecule has 1 aliphatic heterocycles. The minimum atomic E-state index is -0.652. The SMILES string of the molecule is O=[N+]([O-])c1cc([C@H]2CC[C@H](c3ccc(Cl)c([N+](=O)[O-])c3)N2c2cc(F)c(C3CC3)c(F)c2)ccc1Cl. The van der Waals surface area contributed by atoms with Crippen molar-refractivity contribution in [3.05, 3.63) is 107 Å². The topological polar surface area (TPSA) is 89.5 Å². The van der Waals surface area contributed by atoms with Gasteiger partial charge in [0.05, 0.1) is 21.9 Å². The van der Waals surface area contributed by atoms with Crippen molar-refractivity contribution in [3.8, 4) is 0 Å². The molecule has 0 N–H and O–H groups in total. The highest BCUT2D eigenvalue weighted by Gasteiger charge is 2.39. The van der Waals surface area contributed by atoms with E-state index < -0.39 is 33.6 Å². The number of nitro benzene ring substituents is 2. The molecule has 0 aromatic heterocycles. The quantitative estimate of drug-likeness (QED) is 0.236. The van der Waals surface area contributed by atoms with Crippen molar-refractivity contribution >= 4 is 40.3 Å². The Morgan fingerprint density at radius 3 is 1.58 bits per heavy atom. The Hall–Kier alpha value is -3.30. The minimum Gasteiger partial charge on any atom is -0.357 e. The standard InChI is InChI=1S/C25H19Cl2F2N3O4/c26-17-5-3-14(9-23(17)31(33)34)21-7-8-22(15-4-6-18(27)24(10-15)32(35)36)30(21)16-11-19(28)25(13-1-2-13)20(29)12-16/h3-6,9-13,21-22H,1-2,7-8H2/t21-,22-/m1/s1. The lowest BCUT2D eigenvalue weighted by atomic mass is 10.0. The molecule has 1 saturated heterocycles. The summed E-state index contributed by atoms with van der Waals surface area (Å²) in [6.07, 6.45) is 2.41. The number of hydrogen-bond donors (Lipinski definition) is 0. The number of benzene rings is 3. The number of nitro groups is 2. The van der Waals surface area contributed by atoms with E-state index in [0.29, 0.717) is 24.0 Å². The van der Waals surface area contributed by atoms with Crippen molar-refractivity contribution in [1.29, 1.82) is 0 Å². The zero-order valence-corrected chi connectivity index (χ0v) is 20.2. The van der Waals surface area contributed by atoms with E-state index in [9.17, 15) is 20.2 Å². The Kier molecular flexibility index (Phi) is 6.30. The summed E-state index contributed by atoms with van der Waals surface area (Å²) in [5.74, 6) is -1.44. The van der Waals surface area contributed by atoms with E-state index >= 15 is 8.78 Å². The van der Waals surface area contributed by atoms with Crippen LogP contribution in [0.4, 0.5) is 25.8 Å². The van der Waals surface area contributed by atoms with Crippen LogP contribution < -0.4 is 4.90 Å². The molecule has 0 bridgehead atoms. The Morgan fingerprint density at radius 2 is 1.19 bits per heavy atom. The molecule has 2 fully saturated rings. The van der Waals surface area contributed by atoms with E-state index in [1.165, 1.54) is 36.4 Å². The molecule has 0 spiro atoms. The van der Waals surface area contributed by atoms with Crippen molar-refractivity contribution in [2.24, 2.45) is 0 Å². The van der Waals surface area contributed by atoms with Gasteiger partial charge in [0.2, 0.25) is 0 Å². The molecule has 11 heteroatoms. The molecule has 1 aliphatic carbocycles. The minimum absolute atomic E-state index is 0.0240. The maximum Gasteiger partial charge on any atom is 0.288 e. The van der Waals surface area contributed by atoms with Crippen LogP contribution in [0.25, 0.3) is 0 Å². The number of rotatable bonds is 6. The van der Waals surface area contributed by atoms with Gasteiger partial charge in [-0.15, -0.1) is 0 Å². The Bertz CT molecular complexity index is 1310. The van der Waals surface area contributed by atoms with Crippen molar-refractivity contribution < 1.29 is 18.6 Å². The van der Waals surface area contributed by atoms with Gasteiger partial charge >= 0.3 is 0 Å². The summed E-state index contributed by atoms with van der Waals surface area (Å²) in [6, 6.07) is 10.4. The zero-order chi connectivity index (χ0) is 25.7. The third kappa shape index (κ3) is 4.37. The lowest BCUT2D eigenvalue weighted by Crippen LogP contribution is -2.26. The van der Waals surface area contributed by atoms with Gasteiger partial charge in [-0.2, -0.15) is 0 Å². The van der Waals surface area contributed by atoms with E-state index in [1.807, 2.05) is 0 Å². The predicted molar refractivity (Wildman–Crippen MR) is 132 cm³/mol. The molecule has 0 amide bonds. The monoisotopic (exact) mass is 533 g/mol. The summed E-state index contributed by atoms with van der Waals surface area (Å²) < 4.78 is 30.2. The molecule has 2 atom stereocenters. The van der Waals surface area contributed by atoms with Crippen LogP contribution in [0.5, 0.6) is 0 Å². The normalized spacial score (nSPS) is 19.5. The molecule has 36 heavy (non-hydrogen) atoms. The first-order valence-electron chi connectivity index (χ1n) is 11.3. The summed E-state index contributed by atoms with van der Waals surface area (Å²) in [6.45, 7) is 0. The summed E-state index contributed by atoms with van der Waals surface area (Å²) >= 11 is 12.0. The lowest BCUT2D eigenvalue weighted by molar-refractivity contribution is -0.384. The number of hydrogen-bond acceptors (Lipinski definition) is 5. The van der Waals surface area contributed by atoms with E-state index in [0.717, 1.165) is 12.8 Å². The highest BCUT2D eigenvalue weighted by atomic mass is 35.5. The van der Waals surface area contributed by atoms with Crippen molar-refractivity contribution in [2.75, 3.05) is 4.90 Å². The number of anilines is 1. The average molecular weight is 534 g/mol. The molecule has 7 nitrogen and oxygen atoms in total. The highest BCUT2D eigenvalue weighted by molar-refractivity contribution is 6.33. The fourth-order valence-corrected chi connectivity index (χ4v) is 5.43. The molecule has 0 radical (unpaired) electrons. The molecule has 3 aromatic rings. The van der Waals surface area contributed by atoms with Gasteiger partial charge in [0.15, 0.2) is 0 Å². The van der Waals surface area contributed by atoms with E-state index in [-0.39, 0.29) is 38.6 Å². The molecule has 2 aliphatic rings. The van der Waals surface area contributed by atoms with Crippen LogP contribution in [0.15, 0.2) is 48.5 Å². The number of halogens is 4. The van der Waals surface area contributed by atoms with Gasteiger partial charge in [0, 0.05) is 23.4 Å².